The van der Waals surface area contributed by atoms with Gasteiger partial charge in [0.2, 0.25) is 0 Å². The maximum absolute atomic E-state index is 9.17. The SMILES string of the molecule is OC[C@@H]1CN(c2cnc3cc(Cl)c(Cl)cc3n2)CCO1. The molecule has 1 N–H and O–H groups in total. The normalized spacial score (nSPS) is 19.6. The Morgan fingerprint density at radius 2 is 2.05 bits per heavy atom. The molecule has 1 aliphatic heterocycles. The number of nitrogens with zero attached hydrogens (tertiary/aromatic N) is 3. The summed E-state index contributed by atoms with van der Waals surface area (Å²) >= 11 is 12.0. The van der Waals surface area contributed by atoms with Crippen molar-refractivity contribution < 1.29 is 9.84 Å². The molecule has 1 aliphatic rings. The summed E-state index contributed by atoms with van der Waals surface area (Å²) in [5.74, 6) is 0.748. The van der Waals surface area contributed by atoms with E-state index in [4.69, 9.17) is 27.9 Å². The minimum atomic E-state index is -0.185. The quantitative estimate of drug-likeness (QED) is 0.920. The van der Waals surface area contributed by atoms with Gasteiger partial charge in [0.25, 0.3) is 0 Å². The second-order valence-electron chi connectivity index (χ2n) is 4.60. The topological polar surface area (TPSA) is 58.5 Å². The molecule has 0 aliphatic carbocycles. The van der Waals surface area contributed by atoms with Crippen molar-refractivity contribution in [3.05, 3.63) is 28.4 Å². The lowest BCUT2D eigenvalue weighted by atomic mass is 10.2. The third-order valence-electron chi connectivity index (χ3n) is 3.24. The molecule has 0 radical (unpaired) electrons. The summed E-state index contributed by atoms with van der Waals surface area (Å²) in [5, 5.41) is 10.1. The van der Waals surface area contributed by atoms with E-state index in [0.717, 1.165) is 12.4 Å². The Morgan fingerprint density at radius 3 is 2.80 bits per heavy atom. The molecule has 20 heavy (non-hydrogen) atoms. The highest BCUT2D eigenvalue weighted by Crippen LogP contribution is 2.27. The van der Waals surface area contributed by atoms with Gasteiger partial charge in [-0.05, 0) is 12.1 Å². The zero-order valence-corrected chi connectivity index (χ0v) is 12.1. The second-order valence-corrected chi connectivity index (χ2v) is 5.42. The fourth-order valence-electron chi connectivity index (χ4n) is 2.19. The van der Waals surface area contributed by atoms with Gasteiger partial charge in [0.05, 0.1) is 46.6 Å². The fraction of sp³-hybridized carbons (Fsp3) is 0.385. The average molecular weight is 314 g/mol. The molecule has 3 rings (SSSR count). The molecule has 0 unspecified atom stereocenters. The molecule has 1 atom stereocenters. The van der Waals surface area contributed by atoms with E-state index in [2.05, 4.69) is 9.97 Å². The number of hydrogen-bond acceptors (Lipinski definition) is 5. The highest BCUT2D eigenvalue weighted by molar-refractivity contribution is 6.42. The van der Waals surface area contributed by atoms with Gasteiger partial charge in [0.15, 0.2) is 0 Å². The number of aliphatic hydroxyl groups is 1. The van der Waals surface area contributed by atoms with Gasteiger partial charge < -0.3 is 14.7 Å². The van der Waals surface area contributed by atoms with Crippen molar-refractivity contribution in [2.24, 2.45) is 0 Å². The van der Waals surface area contributed by atoms with E-state index < -0.39 is 0 Å². The molecule has 7 heteroatoms. The number of rotatable bonds is 2. The van der Waals surface area contributed by atoms with Crippen LogP contribution in [0.4, 0.5) is 5.82 Å². The summed E-state index contributed by atoms with van der Waals surface area (Å²) in [4.78, 5) is 11.0. The van der Waals surface area contributed by atoms with Crippen molar-refractivity contribution in [1.29, 1.82) is 0 Å². The van der Waals surface area contributed by atoms with Crippen LogP contribution in [-0.4, -0.2) is 47.5 Å². The predicted octanol–water partition coefficient (Wildman–Crippen LogP) is 2.13. The number of ether oxygens (including phenoxy) is 1. The summed E-state index contributed by atoms with van der Waals surface area (Å²) in [6.45, 7) is 1.88. The van der Waals surface area contributed by atoms with Crippen LogP contribution in [0.3, 0.4) is 0 Å². The van der Waals surface area contributed by atoms with Crippen molar-refractivity contribution in [3.8, 4) is 0 Å². The predicted molar refractivity (Wildman–Crippen MR) is 78.6 cm³/mol. The number of benzene rings is 1. The van der Waals surface area contributed by atoms with Crippen LogP contribution in [0.5, 0.6) is 0 Å². The molecular formula is C13H13Cl2N3O2. The minimum absolute atomic E-state index is 0.00105. The van der Waals surface area contributed by atoms with Crippen LogP contribution in [0.2, 0.25) is 10.0 Å². The lowest BCUT2D eigenvalue weighted by Crippen LogP contribution is -2.44. The summed E-state index contributed by atoms with van der Waals surface area (Å²) in [6, 6.07) is 3.41. The van der Waals surface area contributed by atoms with E-state index in [0.29, 0.717) is 34.2 Å². The van der Waals surface area contributed by atoms with Crippen molar-refractivity contribution in [2.75, 3.05) is 31.2 Å². The Balaban J connectivity index is 1.94. The highest BCUT2D eigenvalue weighted by atomic mass is 35.5. The van der Waals surface area contributed by atoms with E-state index in [9.17, 15) is 5.11 Å². The summed E-state index contributed by atoms with van der Waals surface area (Å²) < 4.78 is 5.42. The molecule has 0 amide bonds. The van der Waals surface area contributed by atoms with Gasteiger partial charge in [-0.15, -0.1) is 0 Å². The van der Waals surface area contributed by atoms with Crippen LogP contribution in [-0.2, 0) is 4.74 Å². The maximum Gasteiger partial charge on any atom is 0.148 e. The number of halogens is 2. The third kappa shape index (κ3) is 2.67. The zero-order valence-electron chi connectivity index (χ0n) is 10.6. The summed E-state index contributed by atoms with van der Waals surface area (Å²) in [5.41, 5.74) is 1.40. The number of fused-ring (bicyclic) bond motifs is 1. The molecular weight excluding hydrogens is 301 g/mol. The lowest BCUT2D eigenvalue weighted by molar-refractivity contribution is 0.00336. The molecule has 1 aromatic carbocycles. The van der Waals surface area contributed by atoms with Crippen LogP contribution >= 0.6 is 23.2 Å². The van der Waals surface area contributed by atoms with Crippen LogP contribution < -0.4 is 4.90 Å². The van der Waals surface area contributed by atoms with Crippen LogP contribution in [0.25, 0.3) is 11.0 Å². The van der Waals surface area contributed by atoms with Crippen molar-refractivity contribution >= 4 is 40.1 Å². The van der Waals surface area contributed by atoms with Crippen molar-refractivity contribution in [2.45, 2.75) is 6.10 Å². The van der Waals surface area contributed by atoms with Crippen molar-refractivity contribution in [3.63, 3.8) is 0 Å². The minimum Gasteiger partial charge on any atom is -0.394 e. The van der Waals surface area contributed by atoms with E-state index >= 15 is 0 Å². The van der Waals surface area contributed by atoms with Crippen LogP contribution in [0.1, 0.15) is 0 Å². The van der Waals surface area contributed by atoms with E-state index in [1.807, 2.05) is 4.90 Å². The Bertz CT molecular complexity index is 638. The molecule has 0 spiro atoms. The monoisotopic (exact) mass is 313 g/mol. The molecule has 2 aromatic rings. The van der Waals surface area contributed by atoms with Gasteiger partial charge in [-0.1, -0.05) is 23.2 Å². The van der Waals surface area contributed by atoms with Gasteiger partial charge in [0.1, 0.15) is 5.82 Å². The Morgan fingerprint density at radius 1 is 1.30 bits per heavy atom. The van der Waals surface area contributed by atoms with Gasteiger partial charge in [-0.25, -0.2) is 4.98 Å². The first-order chi connectivity index (χ1) is 9.67. The van der Waals surface area contributed by atoms with Gasteiger partial charge in [0, 0.05) is 13.1 Å². The first-order valence-electron chi connectivity index (χ1n) is 6.26. The molecule has 5 nitrogen and oxygen atoms in total. The number of aromatic nitrogens is 2. The lowest BCUT2D eigenvalue weighted by Gasteiger charge is -2.32. The van der Waals surface area contributed by atoms with E-state index in [1.54, 1.807) is 18.3 Å². The van der Waals surface area contributed by atoms with Crippen molar-refractivity contribution in [1.82, 2.24) is 9.97 Å². The first-order valence-corrected chi connectivity index (χ1v) is 7.02. The first kappa shape index (κ1) is 13.8. The maximum atomic E-state index is 9.17. The molecule has 1 aromatic heterocycles. The molecule has 2 heterocycles. The highest BCUT2D eigenvalue weighted by Gasteiger charge is 2.21. The standard InChI is InChI=1S/C13H13Cl2N3O2/c14-9-3-11-12(4-10(9)15)17-13(5-16-11)18-1-2-20-8(6-18)7-19/h3-5,8,19H,1-2,6-7H2/t8-/m0/s1. The average Bonchev–Trinajstić information content (AvgIpc) is 2.48. The zero-order chi connectivity index (χ0) is 14.1. The van der Waals surface area contributed by atoms with Gasteiger partial charge in [-0.3, -0.25) is 4.98 Å². The van der Waals surface area contributed by atoms with Gasteiger partial charge in [-0.2, -0.15) is 0 Å². The number of morpholine rings is 1. The molecule has 1 fully saturated rings. The molecule has 1 saturated heterocycles. The Kier molecular flexibility index (Phi) is 3.94. The Hall–Kier alpha value is -1.14. The molecule has 0 saturated carbocycles. The molecule has 106 valence electrons. The summed E-state index contributed by atoms with van der Waals surface area (Å²) in [6.07, 6.45) is 1.52. The smallest absolute Gasteiger partial charge is 0.148 e. The number of aliphatic hydroxyl groups excluding tert-OH is 1. The number of hydrogen-bond donors (Lipinski definition) is 1. The second kappa shape index (κ2) is 5.69. The molecule has 0 bridgehead atoms. The summed E-state index contributed by atoms with van der Waals surface area (Å²) in [7, 11) is 0. The van der Waals surface area contributed by atoms with Gasteiger partial charge >= 0.3 is 0 Å². The van der Waals surface area contributed by atoms with E-state index in [1.165, 1.54) is 0 Å². The third-order valence-corrected chi connectivity index (χ3v) is 3.96. The Labute approximate surface area is 126 Å². The largest absolute Gasteiger partial charge is 0.394 e. The fourth-order valence-corrected chi connectivity index (χ4v) is 2.50. The van der Waals surface area contributed by atoms with E-state index in [-0.39, 0.29) is 12.7 Å². The van der Waals surface area contributed by atoms with Crippen LogP contribution in [0.15, 0.2) is 18.3 Å². The van der Waals surface area contributed by atoms with Crippen LogP contribution in [0, 0.1) is 0 Å². The number of anilines is 1.